The highest BCUT2D eigenvalue weighted by atomic mass is 79.9. The Morgan fingerprint density at radius 3 is 2.91 bits per heavy atom. The summed E-state index contributed by atoms with van der Waals surface area (Å²) >= 11 is 10.6. The molecule has 3 rings (SSSR count). The van der Waals surface area contributed by atoms with Crippen LogP contribution in [0.3, 0.4) is 0 Å². The number of amidine groups is 1. The van der Waals surface area contributed by atoms with Crippen LogP contribution in [0.2, 0.25) is 5.02 Å². The normalized spacial score (nSPS) is 18.2. The maximum absolute atomic E-state index is 12.0. The Hall–Kier alpha value is -1.50. The molecule has 0 bridgehead atoms. The molecule has 112 valence electrons. The minimum atomic E-state index is -0.198. The van der Waals surface area contributed by atoms with E-state index in [0.717, 1.165) is 11.3 Å². The van der Waals surface area contributed by atoms with Gasteiger partial charge in [0.25, 0.3) is 5.91 Å². The lowest BCUT2D eigenvalue weighted by molar-refractivity contribution is -0.115. The summed E-state index contributed by atoms with van der Waals surface area (Å²) in [6.07, 6.45) is 1.68. The molecule has 1 amide bonds. The van der Waals surface area contributed by atoms with E-state index in [9.17, 15) is 4.79 Å². The molecule has 22 heavy (non-hydrogen) atoms. The summed E-state index contributed by atoms with van der Waals surface area (Å²) in [6.45, 7) is 1.89. The molecular weight excluding hydrogens is 388 g/mol. The number of halogens is 2. The minimum absolute atomic E-state index is 0.198. The molecule has 4 nitrogen and oxygen atoms in total. The van der Waals surface area contributed by atoms with Crippen molar-refractivity contribution in [3.05, 3.63) is 56.3 Å². The molecule has 7 heteroatoms. The van der Waals surface area contributed by atoms with Crippen LogP contribution in [0.25, 0.3) is 6.08 Å². The molecule has 0 saturated carbocycles. The number of nitrogens with one attached hydrogen (secondary N) is 1. The van der Waals surface area contributed by atoms with Crippen LogP contribution in [-0.4, -0.2) is 11.1 Å². The van der Waals surface area contributed by atoms with Gasteiger partial charge in [-0.15, -0.1) is 0 Å². The lowest BCUT2D eigenvalue weighted by atomic mass is 10.2. The van der Waals surface area contributed by atoms with E-state index in [1.54, 1.807) is 24.3 Å². The molecule has 2 aromatic rings. The fraction of sp³-hybridized carbons (Fsp3) is 0.0667. The quantitative estimate of drug-likeness (QED) is 0.734. The molecule has 0 spiro atoms. The van der Waals surface area contributed by atoms with Gasteiger partial charge in [0.15, 0.2) is 9.84 Å². The van der Waals surface area contributed by atoms with Crippen molar-refractivity contribution in [2.45, 2.75) is 6.92 Å². The van der Waals surface area contributed by atoms with Crippen LogP contribution in [-0.2, 0) is 4.79 Å². The molecule has 1 aliphatic rings. The first kappa shape index (κ1) is 15.4. The minimum Gasteiger partial charge on any atom is -0.450 e. The Labute approximate surface area is 144 Å². The monoisotopic (exact) mass is 396 g/mol. The van der Waals surface area contributed by atoms with Gasteiger partial charge in [0.1, 0.15) is 5.76 Å². The highest BCUT2D eigenvalue weighted by molar-refractivity contribution is 9.10. The predicted molar refractivity (Wildman–Crippen MR) is 93.4 cm³/mol. The van der Waals surface area contributed by atoms with Crippen molar-refractivity contribution in [3.63, 3.8) is 0 Å². The Kier molecular flexibility index (Phi) is 4.42. The van der Waals surface area contributed by atoms with Gasteiger partial charge in [-0.05, 0) is 64.4 Å². The Balaban J connectivity index is 1.87. The van der Waals surface area contributed by atoms with Gasteiger partial charge in [-0.2, -0.15) is 0 Å². The Morgan fingerprint density at radius 2 is 2.18 bits per heavy atom. The lowest BCUT2D eigenvalue weighted by Crippen LogP contribution is -2.19. The molecule has 2 heterocycles. The van der Waals surface area contributed by atoms with Crippen molar-refractivity contribution in [2.75, 3.05) is 0 Å². The van der Waals surface area contributed by atoms with Gasteiger partial charge in [0.2, 0.25) is 0 Å². The smallest absolute Gasteiger partial charge is 0.264 e. The number of amides is 1. The van der Waals surface area contributed by atoms with Gasteiger partial charge in [0, 0.05) is 11.1 Å². The predicted octanol–water partition coefficient (Wildman–Crippen LogP) is 4.90. The highest BCUT2D eigenvalue weighted by Gasteiger charge is 2.24. The van der Waals surface area contributed by atoms with Crippen LogP contribution in [0, 0.1) is 6.92 Å². The van der Waals surface area contributed by atoms with E-state index < -0.39 is 0 Å². The van der Waals surface area contributed by atoms with Crippen molar-refractivity contribution >= 4 is 62.1 Å². The van der Waals surface area contributed by atoms with Crippen molar-refractivity contribution in [1.29, 1.82) is 0 Å². The van der Waals surface area contributed by atoms with E-state index in [4.69, 9.17) is 16.0 Å². The average molecular weight is 398 g/mol. The average Bonchev–Trinajstić information content (AvgIpc) is 3.02. The number of carbonyl (C=O) groups is 1. The van der Waals surface area contributed by atoms with Gasteiger partial charge in [-0.3, -0.25) is 4.79 Å². The van der Waals surface area contributed by atoms with Gasteiger partial charge < -0.3 is 9.73 Å². The second kappa shape index (κ2) is 6.32. The van der Waals surface area contributed by atoms with Gasteiger partial charge in [-0.1, -0.05) is 17.7 Å². The van der Waals surface area contributed by atoms with Crippen molar-refractivity contribution in [3.8, 4) is 0 Å². The number of hydrogen-bond donors (Lipinski definition) is 1. The molecule has 1 aromatic carbocycles. The van der Waals surface area contributed by atoms with Crippen LogP contribution >= 0.6 is 39.3 Å². The molecular formula is C15H10BrClN2O2S. The van der Waals surface area contributed by atoms with E-state index in [2.05, 4.69) is 26.2 Å². The molecule has 1 N–H and O–H groups in total. The van der Waals surface area contributed by atoms with Crippen molar-refractivity contribution < 1.29 is 9.21 Å². The summed E-state index contributed by atoms with van der Waals surface area (Å²) in [5.41, 5.74) is 1.61. The molecule has 0 radical (unpaired) electrons. The first-order valence-corrected chi connectivity index (χ1v) is 8.32. The Morgan fingerprint density at radius 1 is 1.36 bits per heavy atom. The number of aliphatic imine (C=N–C) groups is 1. The Bertz CT molecular complexity index is 814. The highest BCUT2D eigenvalue weighted by Crippen LogP contribution is 2.31. The van der Waals surface area contributed by atoms with Crippen LogP contribution < -0.4 is 5.32 Å². The number of thioether (sulfide) groups is 1. The molecule has 1 fully saturated rings. The number of rotatable bonds is 2. The number of benzene rings is 1. The van der Waals surface area contributed by atoms with E-state index in [-0.39, 0.29) is 5.91 Å². The maximum Gasteiger partial charge on any atom is 0.264 e. The van der Waals surface area contributed by atoms with E-state index in [1.165, 1.54) is 11.8 Å². The lowest BCUT2D eigenvalue weighted by Gasteiger charge is -2.02. The summed E-state index contributed by atoms with van der Waals surface area (Å²) in [5, 5.41) is 3.90. The molecule has 0 aliphatic carbocycles. The third-order valence-electron chi connectivity index (χ3n) is 2.98. The standard InChI is InChI=1S/C15H10BrClN2O2S/c1-8-10(17)3-2-4-11(8)18-15-19-14(20)12(22-15)7-9-5-6-13(16)21-9/h2-7H,1H3,(H,18,19,20)/b12-7-. The molecule has 1 aliphatic heterocycles. The fourth-order valence-electron chi connectivity index (χ4n) is 1.84. The SMILES string of the molecule is Cc1c(Cl)cccc1N=C1NC(=O)/C(=C/c2ccc(Br)o2)S1. The number of carbonyl (C=O) groups excluding carboxylic acids is 1. The maximum atomic E-state index is 12.0. The summed E-state index contributed by atoms with van der Waals surface area (Å²) in [5.74, 6) is 0.403. The van der Waals surface area contributed by atoms with E-state index in [0.29, 0.717) is 25.5 Å². The number of furan rings is 1. The molecule has 1 aromatic heterocycles. The second-order valence-electron chi connectivity index (χ2n) is 4.51. The zero-order valence-corrected chi connectivity index (χ0v) is 14.6. The third kappa shape index (κ3) is 3.29. The van der Waals surface area contributed by atoms with E-state index in [1.807, 2.05) is 19.1 Å². The third-order valence-corrected chi connectivity index (χ3v) is 4.72. The van der Waals surface area contributed by atoms with Crippen molar-refractivity contribution in [2.24, 2.45) is 4.99 Å². The number of hydrogen-bond acceptors (Lipinski definition) is 4. The fourth-order valence-corrected chi connectivity index (χ4v) is 3.15. The van der Waals surface area contributed by atoms with Crippen LogP contribution in [0.4, 0.5) is 5.69 Å². The first-order chi connectivity index (χ1) is 10.5. The van der Waals surface area contributed by atoms with Gasteiger partial charge in [0.05, 0.1) is 10.6 Å². The van der Waals surface area contributed by atoms with Gasteiger partial charge >= 0.3 is 0 Å². The summed E-state index contributed by atoms with van der Waals surface area (Å²) in [7, 11) is 0. The zero-order chi connectivity index (χ0) is 15.7. The first-order valence-electron chi connectivity index (χ1n) is 6.33. The zero-order valence-electron chi connectivity index (χ0n) is 11.4. The van der Waals surface area contributed by atoms with E-state index >= 15 is 0 Å². The molecule has 1 saturated heterocycles. The van der Waals surface area contributed by atoms with Crippen LogP contribution in [0.1, 0.15) is 11.3 Å². The number of nitrogens with zero attached hydrogens (tertiary/aromatic N) is 1. The second-order valence-corrected chi connectivity index (χ2v) is 6.73. The van der Waals surface area contributed by atoms with Crippen molar-refractivity contribution in [1.82, 2.24) is 5.32 Å². The van der Waals surface area contributed by atoms with Gasteiger partial charge in [-0.25, -0.2) is 4.99 Å². The van der Waals surface area contributed by atoms with Crippen LogP contribution in [0.5, 0.6) is 0 Å². The summed E-state index contributed by atoms with van der Waals surface area (Å²) in [4.78, 5) is 17.0. The largest absolute Gasteiger partial charge is 0.450 e. The van der Waals surface area contributed by atoms with Crippen LogP contribution in [0.15, 0.2) is 49.3 Å². The summed E-state index contributed by atoms with van der Waals surface area (Å²) < 4.78 is 5.99. The summed E-state index contributed by atoms with van der Waals surface area (Å²) in [6, 6.07) is 9.04. The molecule has 0 atom stereocenters. The molecule has 0 unspecified atom stereocenters. The topological polar surface area (TPSA) is 54.6 Å².